The van der Waals surface area contributed by atoms with E-state index in [9.17, 15) is 4.79 Å². The highest BCUT2D eigenvalue weighted by molar-refractivity contribution is 8.00. The summed E-state index contributed by atoms with van der Waals surface area (Å²) in [7, 11) is 0. The first-order valence-electron chi connectivity index (χ1n) is 8.72. The van der Waals surface area contributed by atoms with E-state index in [0.717, 1.165) is 10.5 Å². The molecule has 9 heteroatoms. The number of amides is 1. The topological polar surface area (TPSA) is 109 Å². The van der Waals surface area contributed by atoms with Crippen LogP contribution in [0.2, 0.25) is 5.02 Å². The molecule has 1 atom stereocenters. The Kier molecular flexibility index (Phi) is 6.75. The van der Waals surface area contributed by atoms with Crippen LogP contribution in [0.25, 0.3) is 0 Å². The number of hydrogen-bond acceptors (Lipinski definition) is 7. The van der Waals surface area contributed by atoms with E-state index in [1.54, 1.807) is 30.0 Å². The summed E-state index contributed by atoms with van der Waals surface area (Å²) in [6, 6.07) is 16.0. The van der Waals surface area contributed by atoms with Gasteiger partial charge in [-0.25, -0.2) is 0 Å². The Morgan fingerprint density at radius 3 is 2.62 bits per heavy atom. The summed E-state index contributed by atoms with van der Waals surface area (Å²) in [5.74, 6) is 0.323. The molecule has 1 amide bonds. The zero-order chi connectivity index (χ0) is 20.8. The molecule has 1 aromatic heterocycles. The van der Waals surface area contributed by atoms with Crippen molar-refractivity contribution in [2.45, 2.75) is 24.4 Å². The Labute approximate surface area is 177 Å². The van der Waals surface area contributed by atoms with Gasteiger partial charge in [0.15, 0.2) is 0 Å². The fourth-order valence-electron chi connectivity index (χ4n) is 2.66. The van der Waals surface area contributed by atoms with E-state index in [-0.39, 0.29) is 23.6 Å². The molecule has 3 aromatic rings. The van der Waals surface area contributed by atoms with Crippen molar-refractivity contribution in [2.75, 3.05) is 11.5 Å². The second kappa shape index (κ2) is 9.45. The molecule has 0 saturated heterocycles. The lowest BCUT2D eigenvalue weighted by atomic mass is 10.1. The number of nitrogen functional groups attached to an aromatic ring is 1. The van der Waals surface area contributed by atoms with Gasteiger partial charge in [0.2, 0.25) is 11.8 Å². The van der Waals surface area contributed by atoms with Crippen molar-refractivity contribution in [3.05, 3.63) is 70.6 Å². The van der Waals surface area contributed by atoms with Gasteiger partial charge >= 0.3 is 6.01 Å². The lowest BCUT2D eigenvalue weighted by molar-refractivity contribution is -0.131. The second-order valence-corrected chi connectivity index (χ2v) is 7.63. The number of halogens is 1. The highest BCUT2D eigenvalue weighted by atomic mass is 35.5. The predicted octanol–water partition coefficient (Wildman–Crippen LogP) is 4.06. The molecule has 0 spiro atoms. The van der Waals surface area contributed by atoms with Crippen molar-refractivity contribution in [2.24, 2.45) is 0 Å². The largest absolute Gasteiger partial charge is 0.406 e. The molecule has 0 aliphatic heterocycles. The molecular formula is C20H18ClN5O2S. The van der Waals surface area contributed by atoms with Crippen LogP contribution in [-0.2, 0) is 11.3 Å². The van der Waals surface area contributed by atoms with Gasteiger partial charge in [-0.05, 0) is 36.8 Å². The first-order valence-corrected chi connectivity index (χ1v) is 10.1. The molecule has 0 radical (unpaired) electrons. The summed E-state index contributed by atoms with van der Waals surface area (Å²) in [6.45, 7) is 2.12. The zero-order valence-electron chi connectivity index (χ0n) is 15.6. The molecular weight excluding hydrogens is 410 g/mol. The first kappa shape index (κ1) is 20.7. The van der Waals surface area contributed by atoms with Gasteiger partial charge in [0.05, 0.1) is 22.4 Å². The predicted molar refractivity (Wildman–Crippen MR) is 111 cm³/mol. The third kappa shape index (κ3) is 5.28. The van der Waals surface area contributed by atoms with Crippen molar-refractivity contribution in [1.82, 2.24) is 15.1 Å². The van der Waals surface area contributed by atoms with E-state index in [4.69, 9.17) is 27.0 Å². The standard InChI is InChI=1S/C20H18ClN5O2S/c1-13(19-24-25-20(23)28-19)26(11-15-8-6-14(10-22)7-9-15)18(27)12-29-17-5-3-2-4-16(17)21/h2-9,13H,11-12H2,1H3,(H2,23,25)/t13-/m1/s1. The normalized spacial score (nSPS) is 11.6. The number of carbonyl (C=O) groups is 1. The smallest absolute Gasteiger partial charge is 0.312 e. The number of nitriles is 1. The quantitative estimate of drug-likeness (QED) is 0.566. The molecule has 1 heterocycles. The van der Waals surface area contributed by atoms with Crippen LogP contribution in [0, 0.1) is 11.3 Å². The summed E-state index contributed by atoms with van der Waals surface area (Å²) in [5.41, 5.74) is 6.96. The summed E-state index contributed by atoms with van der Waals surface area (Å²) in [4.78, 5) is 15.5. The third-order valence-electron chi connectivity index (χ3n) is 4.23. The van der Waals surface area contributed by atoms with Crippen LogP contribution in [0.15, 0.2) is 57.8 Å². The molecule has 7 nitrogen and oxygen atoms in total. The van der Waals surface area contributed by atoms with Gasteiger partial charge in [0.25, 0.3) is 0 Å². The number of thioether (sulfide) groups is 1. The van der Waals surface area contributed by atoms with Gasteiger partial charge in [-0.15, -0.1) is 16.9 Å². The van der Waals surface area contributed by atoms with Crippen LogP contribution in [0.1, 0.15) is 30.0 Å². The van der Waals surface area contributed by atoms with Gasteiger partial charge in [-0.2, -0.15) is 5.26 Å². The lowest BCUT2D eigenvalue weighted by Crippen LogP contribution is -2.34. The van der Waals surface area contributed by atoms with Crippen LogP contribution < -0.4 is 5.73 Å². The number of carbonyl (C=O) groups excluding carboxylic acids is 1. The highest BCUT2D eigenvalue weighted by Gasteiger charge is 2.26. The maximum Gasteiger partial charge on any atom is 0.312 e. The van der Waals surface area contributed by atoms with Crippen LogP contribution >= 0.6 is 23.4 Å². The van der Waals surface area contributed by atoms with Crippen molar-refractivity contribution in [3.8, 4) is 6.07 Å². The molecule has 0 fully saturated rings. The molecule has 0 unspecified atom stereocenters. The highest BCUT2D eigenvalue weighted by Crippen LogP contribution is 2.29. The Morgan fingerprint density at radius 2 is 2.00 bits per heavy atom. The fraction of sp³-hybridized carbons (Fsp3) is 0.200. The Balaban J connectivity index is 1.79. The average Bonchev–Trinajstić information content (AvgIpc) is 3.17. The molecule has 148 valence electrons. The summed E-state index contributed by atoms with van der Waals surface area (Å²) >= 11 is 7.55. The van der Waals surface area contributed by atoms with E-state index < -0.39 is 6.04 Å². The maximum atomic E-state index is 13.1. The van der Waals surface area contributed by atoms with Crippen molar-refractivity contribution in [1.29, 1.82) is 5.26 Å². The van der Waals surface area contributed by atoms with Crippen molar-refractivity contribution in [3.63, 3.8) is 0 Å². The summed E-state index contributed by atoms with van der Waals surface area (Å²) in [6.07, 6.45) is 0. The van der Waals surface area contributed by atoms with Crippen LogP contribution in [0.4, 0.5) is 6.01 Å². The van der Waals surface area contributed by atoms with Crippen LogP contribution in [0.5, 0.6) is 0 Å². The van der Waals surface area contributed by atoms with Crippen LogP contribution in [0.3, 0.4) is 0 Å². The zero-order valence-corrected chi connectivity index (χ0v) is 17.2. The molecule has 29 heavy (non-hydrogen) atoms. The molecule has 0 saturated carbocycles. The molecule has 0 aliphatic carbocycles. The van der Waals surface area contributed by atoms with Crippen LogP contribution in [-0.4, -0.2) is 26.8 Å². The minimum absolute atomic E-state index is 0.0527. The van der Waals surface area contributed by atoms with Gasteiger partial charge in [0, 0.05) is 11.4 Å². The third-order valence-corrected chi connectivity index (χ3v) is 5.73. The van der Waals surface area contributed by atoms with E-state index >= 15 is 0 Å². The van der Waals surface area contributed by atoms with Gasteiger partial charge < -0.3 is 15.1 Å². The Morgan fingerprint density at radius 1 is 1.28 bits per heavy atom. The number of hydrogen-bond donors (Lipinski definition) is 1. The molecule has 3 rings (SSSR count). The van der Waals surface area contributed by atoms with Gasteiger partial charge in [-0.3, -0.25) is 4.79 Å². The number of nitrogens with two attached hydrogens (primary N) is 1. The Hall–Kier alpha value is -3.02. The number of benzene rings is 2. The second-order valence-electron chi connectivity index (χ2n) is 6.20. The minimum atomic E-state index is -0.477. The fourth-order valence-corrected chi connectivity index (χ4v) is 3.78. The van der Waals surface area contributed by atoms with E-state index in [1.807, 2.05) is 30.3 Å². The van der Waals surface area contributed by atoms with Crippen molar-refractivity contribution < 1.29 is 9.21 Å². The number of nitrogens with zero attached hydrogens (tertiary/aromatic N) is 4. The van der Waals surface area contributed by atoms with E-state index in [0.29, 0.717) is 17.1 Å². The minimum Gasteiger partial charge on any atom is -0.406 e. The van der Waals surface area contributed by atoms with E-state index in [1.165, 1.54) is 11.8 Å². The van der Waals surface area contributed by atoms with Gasteiger partial charge in [0.1, 0.15) is 6.04 Å². The number of aromatic nitrogens is 2. The maximum absolute atomic E-state index is 13.1. The lowest BCUT2D eigenvalue weighted by Gasteiger charge is -2.27. The Bertz CT molecular complexity index is 1030. The SMILES string of the molecule is C[C@H](c1nnc(N)o1)N(Cc1ccc(C#N)cc1)C(=O)CSc1ccccc1Cl. The number of anilines is 1. The van der Waals surface area contributed by atoms with E-state index in [2.05, 4.69) is 16.3 Å². The number of rotatable bonds is 7. The molecule has 0 aliphatic rings. The molecule has 2 aromatic carbocycles. The molecule has 0 bridgehead atoms. The summed E-state index contributed by atoms with van der Waals surface area (Å²) < 4.78 is 5.32. The molecule has 2 N–H and O–H groups in total. The van der Waals surface area contributed by atoms with Crippen molar-refractivity contribution >= 4 is 35.3 Å². The summed E-state index contributed by atoms with van der Waals surface area (Å²) in [5, 5.41) is 17.2. The average molecular weight is 428 g/mol. The van der Waals surface area contributed by atoms with Gasteiger partial charge in [-0.1, -0.05) is 41.0 Å². The first-order chi connectivity index (χ1) is 14.0. The monoisotopic (exact) mass is 427 g/mol.